The van der Waals surface area contributed by atoms with Gasteiger partial charge in [0.05, 0.1) is 13.2 Å². The summed E-state index contributed by atoms with van der Waals surface area (Å²) in [6.07, 6.45) is 20.0. The Hall–Kier alpha value is -1.52. The fraction of sp³-hybridized carbons (Fsp3) is 0.667. The Morgan fingerprint density at radius 3 is 2.03 bits per heavy atom. The molecule has 4 nitrogen and oxygen atoms in total. The molecule has 0 atom stereocenters. The Labute approximate surface area is 200 Å². The van der Waals surface area contributed by atoms with Crippen molar-refractivity contribution in [1.29, 1.82) is 0 Å². The number of alkyl halides is 1. The van der Waals surface area contributed by atoms with Crippen LogP contribution in [0.15, 0.2) is 36.4 Å². The van der Waals surface area contributed by atoms with Gasteiger partial charge in [0.2, 0.25) is 0 Å². The minimum Gasteiger partial charge on any atom is -0.385 e. The number of morpholine rings is 1. The number of nitrogens with one attached hydrogen (secondary N) is 1. The van der Waals surface area contributed by atoms with Crippen LogP contribution in [0, 0.1) is 0 Å². The van der Waals surface area contributed by atoms with E-state index in [1.54, 1.807) is 0 Å². The highest BCUT2D eigenvalue weighted by molar-refractivity contribution is 6.17. The number of amides is 1. The summed E-state index contributed by atoms with van der Waals surface area (Å²) in [6, 6.07) is 7.87. The molecule has 1 fully saturated rings. The van der Waals surface area contributed by atoms with Gasteiger partial charge in [-0.05, 0) is 62.8 Å². The summed E-state index contributed by atoms with van der Waals surface area (Å²) in [7, 11) is 0. The van der Waals surface area contributed by atoms with Crippen molar-refractivity contribution in [3.05, 3.63) is 42.0 Å². The first-order valence-corrected chi connectivity index (χ1v) is 13.3. The first kappa shape index (κ1) is 26.7. The number of rotatable bonds is 17. The van der Waals surface area contributed by atoms with Crippen molar-refractivity contribution < 1.29 is 9.53 Å². The van der Waals surface area contributed by atoms with Crippen molar-refractivity contribution >= 4 is 23.2 Å². The van der Waals surface area contributed by atoms with E-state index in [2.05, 4.69) is 17.5 Å². The van der Waals surface area contributed by atoms with E-state index in [1.165, 1.54) is 77.0 Å². The zero-order valence-corrected chi connectivity index (χ0v) is 20.6. The molecule has 180 valence electrons. The van der Waals surface area contributed by atoms with Crippen LogP contribution in [-0.2, 0) is 4.74 Å². The molecule has 1 N–H and O–H groups in total. The second-order valence-electron chi connectivity index (χ2n) is 8.68. The smallest absolute Gasteiger partial charge is 0.254 e. The maximum atomic E-state index is 12.5. The maximum Gasteiger partial charge on any atom is 0.254 e. The van der Waals surface area contributed by atoms with Crippen molar-refractivity contribution in [2.45, 2.75) is 77.0 Å². The van der Waals surface area contributed by atoms with E-state index in [0.717, 1.165) is 23.7 Å². The molecular weight excluding hydrogens is 420 g/mol. The van der Waals surface area contributed by atoms with E-state index in [4.69, 9.17) is 16.3 Å². The average molecular weight is 463 g/mol. The van der Waals surface area contributed by atoms with E-state index >= 15 is 0 Å². The van der Waals surface area contributed by atoms with Crippen molar-refractivity contribution in [3.8, 4) is 0 Å². The highest BCUT2D eigenvalue weighted by Crippen LogP contribution is 2.14. The lowest BCUT2D eigenvalue weighted by Gasteiger charge is -2.26. The molecule has 1 heterocycles. The lowest BCUT2D eigenvalue weighted by atomic mass is 10.1. The average Bonchev–Trinajstić information content (AvgIpc) is 2.84. The molecule has 1 aromatic carbocycles. The lowest BCUT2D eigenvalue weighted by molar-refractivity contribution is 0.0303. The topological polar surface area (TPSA) is 41.6 Å². The normalized spacial score (nSPS) is 14.2. The number of carbonyl (C=O) groups is 1. The third-order valence-corrected chi connectivity index (χ3v) is 6.25. The van der Waals surface area contributed by atoms with Gasteiger partial charge in [-0.25, -0.2) is 0 Å². The van der Waals surface area contributed by atoms with Crippen LogP contribution in [-0.4, -0.2) is 49.5 Å². The number of nitrogens with zero attached hydrogens (tertiary/aromatic N) is 1. The first-order chi connectivity index (χ1) is 15.8. The molecule has 1 aliphatic heterocycles. The molecule has 0 saturated carbocycles. The number of unbranched alkanes of at least 4 members (excludes halogenated alkanes) is 10. The van der Waals surface area contributed by atoms with E-state index in [1.807, 2.05) is 29.2 Å². The van der Waals surface area contributed by atoms with Crippen LogP contribution >= 0.6 is 11.6 Å². The highest BCUT2D eigenvalue weighted by atomic mass is 35.5. The second kappa shape index (κ2) is 18.0. The summed E-state index contributed by atoms with van der Waals surface area (Å²) in [5.74, 6) is 0.915. The Morgan fingerprint density at radius 1 is 0.844 bits per heavy atom. The van der Waals surface area contributed by atoms with Gasteiger partial charge in [-0.15, -0.1) is 11.6 Å². The summed E-state index contributed by atoms with van der Waals surface area (Å²) in [4.78, 5) is 14.3. The third kappa shape index (κ3) is 11.9. The van der Waals surface area contributed by atoms with Gasteiger partial charge < -0.3 is 15.0 Å². The molecule has 0 aliphatic carbocycles. The molecule has 2 rings (SSSR count). The predicted octanol–water partition coefficient (Wildman–Crippen LogP) is 7.05. The number of hydrogen-bond donors (Lipinski definition) is 1. The molecule has 1 amide bonds. The van der Waals surface area contributed by atoms with Crippen molar-refractivity contribution in [2.24, 2.45) is 0 Å². The van der Waals surface area contributed by atoms with Crippen molar-refractivity contribution in [2.75, 3.05) is 44.0 Å². The lowest BCUT2D eigenvalue weighted by Crippen LogP contribution is -2.40. The number of allylic oxidation sites excluding steroid dienone is 2. The van der Waals surface area contributed by atoms with Gasteiger partial charge in [-0.2, -0.15) is 0 Å². The van der Waals surface area contributed by atoms with Gasteiger partial charge in [0.15, 0.2) is 0 Å². The van der Waals surface area contributed by atoms with Gasteiger partial charge >= 0.3 is 0 Å². The first-order valence-electron chi connectivity index (χ1n) is 12.7. The molecule has 1 aromatic rings. The van der Waals surface area contributed by atoms with Crippen LogP contribution in [0.4, 0.5) is 5.69 Å². The maximum absolute atomic E-state index is 12.5. The molecule has 0 bridgehead atoms. The summed E-state index contributed by atoms with van der Waals surface area (Å²) in [5, 5.41) is 3.47. The van der Waals surface area contributed by atoms with Gasteiger partial charge in [0.1, 0.15) is 0 Å². The minimum atomic E-state index is 0.104. The summed E-state index contributed by atoms with van der Waals surface area (Å²) in [6.45, 7) is 3.63. The Kier molecular flexibility index (Phi) is 15.0. The number of hydrogen-bond acceptors (Lipinski definition) is 3. The number of anilines is 1. The number of ether oxygens (including phenoxy) is 1. The summed E-state index contributed by atoms with van der Waals surface area (Å²) < 4.78 is 5.32. The van der Waals surface area contributed by atoms with Gasteiger partial charge in [0.25, 0.3) is 5.91 Å². The molecule has 0 radical (unpaired) electrons. The van der Waals surface area contributed by atoms with Gasteiger partial charge in [-0.3, -0.25) is 4.79 Å². The third-order valence-electron chi connectivity index (χ3n) is 5.98. The molecular formula is C27H43ClN2O2. The highest BCUT2D eigenvalue weighted by Gasteiger charge is 2.18. The summed E-state index contributed by atoms with van der Waals surface area (Å²) in [5.41, 5.74) is 1.85. The number of halogens is 1. The van der Waals surface area contributed by atoms with E-state index < -0.39 is 0 Å². The molecule has 5 heteroatoms. The number of carbonyl (C=O) groups excluding carboxylic acids is 1. The van der Waals surface area contributed by atoms with E-state index in [-0.39, 0.29) is 5.91 Å². The van der Waals surface area contributed by atoms with Crippen molar-refractivity contribution in [3.63, 3.8) is 0 Å². The molecule has 1 aliphatic rings. The second-order valence-corrected chi connectivity index (χ2v) is 9.06. The fourth-order valence-corrected chi connectivity index (χ4v) is 4.14. The zero-order chi connectivity index (χ0) is 22.7. The van der Waals surface area contributed by atoms with E-state index in [0.29, 0.717) is 26.3 Å². The molecule has 0 unspecified atom stereocenters. The zero-order valence-electron chi connectivity index (χ0n) is 19.8. The van der Waals surface area contributed by atoms with Crippen LogP contribution in [0.2, 0.25) is 0 Å². The Bertz CT molecular complexity index is 627. The van der Waals surface area contributed by atoms with Crippen molar-refractivity contribution in [1.82, 2.24) is 4.90 Å². The van der Waals surface area contributed by atoms with Crippen LogP contribution in [0.25, 0.3) is 0 Å². The minimum absolute atomic E-state index is 0.104. The monoisotopic (exact) mass is 462 g/mol. The van der Waals surface area contributed by atoms with E-state index in [9.17, 15) is 4.79 Å². The standard InChI is InChI=1S/C27H43ClN2O2/c28-19-13-11-9-7-5-3-1-2-4-6-8-10-12-14-20-29-26-17-15-25(16-18-26)27(31)30-21-23-32-24-22-30/h2,4,15-18,29H,1,3,5-14,19-24H2. The number of benzene rings is 1. The Balaban J connectivity index is 1.42. The quantitative estimate of drug-likeness (QED) is 0.153. The van der Waals surface area contributed by atoms with Gasteiger partial charge in [0, 0.05) is 36.8 Å². The van der Waals surface area contributed by atoms with Crippen LogP contribution in [0.5, 0.6) is 0 Å². The SMILES string of the molecule is O=C(c1ccc(NCCCCCCC=CCCCCCCCCCl)cc1)N1CCOCC1. The van der Waals surface area contributed by atoms with Crippen LogP contribution in [0.1, 0.15) is 87.4 Å². The fourth-order valence-electron chi connectivity index (χ4n) is 3.95. The molecule has 0 aromatic heterocycles. The largest absolute Gasteiger partial charge is 0.385 e. The van der Waals surface area contributed by atoms with Gasteiger partial charge in [-0.1, -0.05) is 50.7 Å². The molecule has 32 heavy (non-hydrogen) atoms. The van der Waals surface area contributed by atoms with Crippen LogP contribution < -0.4 is 5.32 Å². The molecule has 1 saturated heterocycles. The summed E-state index contributed by atoms with van der Waals surface area (Å²) >= 11 is 5.69. The van der Waals surface area contributed by atoms with Crippen LogP contribution in [0.3, 0.4) is 0 Å². The Morgan fingerprint density at radius 2 is 1.41 bits per heavy atom. The molecule has 0 spiro atoms. The predicted molar refractivity (Wildman–Crippen MR) is 137 cm³/mol.